The standard InChI is InChI=1S/C21H21N3O5S/c1-30-12-11-16(18(25)23-17(20(27)28)13-7-3-2-4-8-13)24-19(26)14-9-5-6-10-15(14)22-21(24)29/h2-10,16-17H,11-12H2,1H3,(H,22,29)(H,23,25)(H,27,28)/t16-,17-/m0/s1. The number of aliphatic carboxylic acids is 1. The van der Waals surface area contributed by atoms with Crippen LogP contribution in [0.2, 0.25) is 0 Å². The van der Waals surface area contributed by atoms with Crippen LogP contribution in [-0.4, -0.2) is 38.5 Å². The summed E-state index contributed by atoms with van der Waals surface area (Å²) in [5.41, 5.74) is -0.545. The molecule has 0 radical (unpaired) electrons. The van der Waals surface area contributed by atoms with E-state index in [-0.39, 0.29) is 11.8 Å². The van der Waals surface area contributed by atoms with Gasteiger partial charge >= 0.3 is 11.7 Å². The molecule has 0 saturated carbocycles. The molecule has 0 aliphatic heterocycles. The summed E-state index contributed by atoms with van der Waals surface area (Å²) in [5, 5.41) is 12.4. The molecule has 0 bridgehead atoms. The maximum absolute atomic E-state index is 13.1. The quantitative estimate of drug-likeness (QED) is 0.505. The molecule has 0 aliphatic rings. The van der Waals surface area contributed by atoms with Crippen LogP contribution in [0, 0.1) is 0 Å². The molecule has 30 heavy (non-hydrogen) atoms. The second kappa shape index (κ2) is 9.45. The average Bonchev–Trinajstić information content (AvgIpc) is 2.74. The van der Waals surface area contributed by atoms with E-state index in [2.05, 4.69) is 10.3 Å². The van der Waals surface area contributed by atoms with Gasteiger partial charge in [0.05, 0.1) is 10.9 Å². The highest BCUT2D eigenvalue weighted by Gasteiger charge is 2.29. The molecule has 1 amide bonds. The lowest BCUT2D eigenvalue weighted by atomic mass is 10.1. The zero-order valence-corrected chi connectivity index (χ0v) is 17.0. The van der Waals surface area contributed by atoms with Crippen LogP contribution in [0.4, 0.5) is 0 Å². The van der Waals surface area contributed by atoms with Gasteiger partial charge in [0, 0.05) is 0 Å². The molecule has 2 aromatic carbocycles. The number of aromatic nitrogens is 2. The fourth-order valence-corrected chi connectivity index (χ4v) is 3.70. The summed E-state index contributed by atoms with van der Waals surface area (Å²) < 4.78 is 0.873. The number of aromatic amines is 1. The SMILES string of the molecule is CSCC[C@@H](C(=O)N[C@H](C(=O)O)c1ccccc1)n1c(=O)[nH]c2ccccc2c1=O. The van der Waals surface area contributed by atoms with Gasteiger partial charge in [0.2, 0.25) is 5.91 Å². The molecule has 1 heterocycles. The lowest BCUT2D eigenvalue weighted by Gasteiger charge is -2.22. The van der Waals surface area contributed by atoms with Crippen molar-refractivity contribution < 1.29 is 14.7 Å². The predicted molar refractivity (Wildman–Crippen MR) is 116 cm³/mol. The number of benzene rings is 2. The van der Waals surface area contributed by atoms with Crippen molar-refractivity contribution in [1.82, 2.24) is 14.9 Å². The number of rotatable bonds is 8. The molecule has 0 fully saturated rings. The van der Waals surface area contributed by atoms with Gasteiger partial charge in [-0.1, -0.05) is 42.5 Å². The zero-order chi connectivity index (χ0) is 21.7. The fourth-order valence-electron chi connectivity index (χ4n) is 3.24. The first kappa shape index (κ1) is 21.4. The number of para-hydroxylation sites is 1. The van der Waals surface area contributed by atoms with Gasteiger partial charge in [-0.15, -0.1) is 0 Å². The number of hydrogen-bond donors (Lipinski definition) is 3. The zero-order valence-electron chi connectivity index (χ0n) is 16.2. The van der Waals surface area contributed by atoms with Crippen molar-refractivity contribution in [2.24, 2.45) is 0 Å². The van der Waals surface area contributed by atoms with Crippen LogP contribution >= 0.6 is 11.8 Å². The maximum atomic E-state index is 13.1. The fraction of sp³-hybridized carbons (Fsp3) is 0.238. The highest BCUT2D eigenvalue weighted by Crippen LogP contribution is 2.18. The Kier molecular flexibility index (Phi) is 6.73. The van der Waals surface area contributed by atoms with Crippen molar-refractivity contribution in [2.45, 2.75) is 18.5 Å². The average molecular weight is 427 g/mol. The van der Waals surface area contributed by atoms with Crippen LogP contribution in [0.5, 0.6) is 0 Å². The Morgan fingerprint density at radius 2 is 1.77 bits per heavy atom. The van der Waals surface area contributed by atoms with Crippen LogP contribution in [0.1, 0.15) is 24.1 Å². The summed E-state index contributed by atoms with van der Waals surface area (Å²) in [6, 6.07) is 12.3. The van der Waals surface area contributed by atoms with E-state index in [0.717, 1.165) is 4.57 Å². The van der Waals surface area contributed by atoms with Crippen molar-refractivity contribution in [3.05, 3.63) is 81.0 Å². The Morgan fingerprint density at radius 1 is 1.10 bits per heavy atom. The van der Waals surface area contributed by atoms with E-state index in [9.17, 15) is 24.3 Å². The van der Waals surface area contributed by atoms with Crippen molar-refractivity contribution in [2.75, 3.05) is 12.0 Å². The summed E-state index contributed by atoms with van der Waals surface area (Å²) in [5.74, 6) is -1.44. The molecular weight excluding hydrogens is 406 g/mol. The number of nitrogens with zero attached hydrogens (tertiary/aromatic N) is 1. The maximum Gasteiger partial charge on any atom is 0.330 e. The molecule has 0 aliphatic carbocycles. The third-order valence-electron chi connectivity index (χ3n) is 4.71. The van der Waals surface area contributed by atoms with Crippen LogP contribution in [0.3, 0.4) is 0 Å². The molecule has 2 atom stereocenters. The number of H-pyrrole nitrogens is 1. The van der Waals surface area contributed by atoms with Gasteiger partial charge in [0.15, 0.2) is 6.04 Å². The number of amides is 1. The lowest BCUT2D eigenvalue weighted by molar-refractivity contribution is -0.142. The van der Waals surface area contributed by atoms with Gasteiger partial charge in [-0.3, -0.25) is 9.59 Å². The Bertz CT molecular complexity index is 1170. The van der Waals surface area contributed by atoms with E-state index in [1.807, 2.05) is 6.26 Å². The molecule has 9 heteroatoms. The first-order valence-corrected chi connectivity index (χ1v) is 10.6. The predicted octanol–water partition coefficient (Wildman–Crippen LogP) is 1.93. The number of thioether (sulfide) groups is 1. The molecule has 0 spiro atoms. The van der Waals surface area contributed by atoms with E-state index in [4.69, 9.17) is 0 Å². The molecule has 3 N–H and O–H groups in total. The van der Waals surface area contributed by atoms with Crippen molar-refractivity contribution in [3.8, 4) is 0 Å². The van der Waals surface area contributed by atoms with Gasteiger partial charge in [-0.2, -0.15) is 11.8 Å². The first-order valence-electron chi connectivity index (χ1n) is 9.24. The summed E-state index contributed by atoms with van der Waals surface area (Å²) in [4.78, 5) is 53.1. The number of nitrogens with one attached hydrogen (secondary N) is 2. The van der Waals surface area contributed by atoms with Crippen molar-refractivity contribution in [3.63, 3.8) is 0 Å². The van der Waals surface area contributed by atoms with Gasteiger partial charge in [0.25, 0.3) is 5.56 Å². The number of carboxylic acid groups (broad SMARTS) is 1. The summed E-state index contributed by atoms with van der Waals surface area (Å²) in [6.45, 7) is 0. The molecule has 3 aromatic rings. The van der Waals surface area contributed by atoms with Gasteiger partial charge in [0.1, 0.15) is 6.04 Å². The largest absolute Gasteiger partial charge is 0.479 e. The number of fused-ring (bicyclic) bond motifs is 1. The van der Waals surface area contributed by atoms with Gasteiger partial charge in [-0.05, 0) is 36.1 Å². The second-order valence-electron chi connectivity index (χ2n) is 6.64. The van der Waals surface area contributed by atoms with Gasteiger partial charge in [-0.25, -0.2) is 14.2 Å². The third-order valence-corrected chi connectivity index (χ3v) is 5.36. The summed E-state index contributed by atoms with van der Waals surface area (Å²) in [6.07, 6.45) is 2.03. The van der Waals surface area contributed by atoms with Crippen LogP contribution in [0.15, 0.2) is 64.2 Å². The highest BCUT2D eigenvalue weighted by atomic mass is 32.2. The minimum Gasteiger partial charge on any atom is -0.479 e. The van der Waals surface area contributed by atoms with E-state index in [1.165, 1.54) is 11.8 Å². The van der Waals surface area contributed by atoms with Crippen LogP contribution in [0.25, 0.3) is 10.9 Å². The summed E-state index contributed by atoms with van der Waals surface area (Å²) >= 11 is 1.45. The topological polar surface area (TPSA) is 121 Å². The number of hydrogen-bond acceptors (Lipinski definition) is 5. The third kappa shape index (κ3) is 4.46. The Balaban J connectivity index is 2.03. The Morgan fingerprint density at radius 3 is 2.43 bits per heavy atom. The number of carbonyl (C=O) groups excluding carboxylic acids is 1. The van der Waals surface area contributed by atoms with Gasteiger partial charge < -0.3 is 15.4 Å². The van der Waals surface area contributed by atoms with Crippen LogP contribution in [-0.2, 0) is 9.59 Å². The molecular formula is C21H21N3O5S. The molecule has 0 unspecified atom stereocenters. The highest BCUT2D eigenvalue weighted by molar-refractivity contribution is 7.98. The molecule has 0 saturated heterocycles. The van der Waals surface area contributed by atoms with Crippen molar-refractivity contribution in [1.29, 1.82) is 0 Å². The number of carbonyl (C=O) groups is 2. The summed E-state index contributed by atoms with van der Waals surface area (Å²) in [7, 11) is 0. The monoisotopic (exact) mass is 427 g/mol. The smallest absolute Gasteiger partial charge is 0.330 e. The molecule has 3 rings (SSSR count). The second-order valence-corrected chi connectivity index (χ2v) is 7.62. The van der Waals surface area contributed by atoms with E-state index in [1.54, 1.807) is 54.6 Å². The van der Waals surface area contributed by atoms with E-state index < -0.39 is 35.2 Å². The molecule has 1 aromatic heterocycles. The Hall–Kier alpha value is -3.33. The van der Waals surface area contributed by atoms with E-state index in [0.29, 0.717) is 16.8 Å². The normalized spacial score (nSPS) is 13.0. The minimum atomic E-state index is -1.30. The molecule has 156 valence electrons. The van der Waals surface area contributed by atoms with Crippen molar-refractivity contribution >= 4 is 34.5 Å². The number of carboxylic acids is 1. The van der Waals surface area contributed by atoms with E-state index >= 15 is 0 Å². The van der Waals surface area contributed by atoms with Crippen LogP contribution < -0.4 is 16.6 Å². The lowest BCUT2D eigenvalue weighted by Crippen LogP contribution is -2.46. The Labute approximate surface area is 175 Å². The first-order chi connectivity index (χ1) is 14.4. The molecule has 8 nitrogen and oxygen atoms in total. The minimum absolute atomic E-state index is 0.190.